The first-order valence-corrected chi connectivity index (χ1v) is 4.95. The Morgan fingerprint density at radius 2 is 2.36 bits per heavy atom. The van der Waals surface area contributed by atoms with Crippen LogP contribution in [0, 0.1) is 0 Å². The summed E-state index contributed by atoms with van der Waals surface area (Å²) in [7, 11) is 1.65. The number of hydrogen-bond donors (Lipinski definition) is 0. The highest BCUT2D eigenvalue weighted by Crippen LogP contribution is 2.19. The molecule has 1 aromatic rings. The summed E-state index contributed by atoms with van der Waals surface area (Å²) in [4.78, 5) is 3.97. The van der Waals surface area contributed by atoms with Crippen LogP contribution in [0.25, 0.3) is 0 Å². The molecule has 0 spiro atoms. The van der Waals surface area contributed by atoms with Crippen LogP contribution < -0.4 is 4.74 Å². The molecule has 0 aromatic carbocycles. The summed E-state index contributed by atoms with van der Waals surface area (Å²) in [6, 6.07) is 1.81. The monoisotopic (exact) mass is 215 g/mol. The predicted molar refractivity (Wildman–Crippen MR) is 55.8 cm³/mol. The Bertz CT molecular complexity index is 281. The molecule has 1 heterocycles. The van der Waals surface area contributed by atoms with Crippen LogP contribution in [0.5, 0.6) is 5.75 Å². The van der Waals surface area contributed by atoms with Gasteiger partial charge in [0, 0.05) is 25.1 Å². The number of aromatic nitrogens is 1. The zero-order valence-electron chi connectivity index (χ0n) is 8.37. The van der Waals surface area contributed by atoms with Gasteiger partial charge in [-0.3, -0.25) is 4.98 Å². The van der Waals surface area contributed by atoms with Gasteiger partial charge in [-0.25, -0.2) is 0 Å². The van der Waals surface area contributed by atoms with Crippen LogP contribution in [0.4, 0.5) is 0 Å². The molecule has 0 saturated heterocycles. The summed E-state index contributed by atoms with van der Waals surface area (Å²) < 4.78 is 10.6. The fourth-order valence-electron chi connectivity index (χ4n) is 1.12. The molecule has 14 heavy (non-hydrogen) atoms. The van der Waals surface area contributed by atoms with Gasteiger partial charge in [-0.15, -0.1) is 11.6 Å². The lowest BCUT2D eigenvalue weighted by atomic mass is 10.3. The largest absolute Gasteiger partial charge is 0.488 e. The maximum atomic E-state index is 5.74. The minimum absolute atomic E-state index is 0.0179. The van der Waals surface area contributed by atoms with Crippen molar-refractivity contribution in [1.29, 1.82) is 0 Å². The Labute approximate surface area is 89.0 Å². The second-order valence-electron chi connectivity index (χ2n) is 3.00. The first kappa shape index (κ1) is 11.3. The van der Waals surface area contributed by atoms with Crippen molar-refractivity contribution in [3.8, 4) is 5.75 Å². The maximum Gasteiger partial charge on any atom is 0.127 e. The number of methoxy groups -OCH3 is 1. The molecule has 1 atom stereocenters. The number of nitrogens with zero attached hydrogens (tertiary/aromatic N) is 1. The Kier molecular flexibility index (Phi) is 4.70. The number of ether oxygens (including phenoxy) is 2. The van der Waals surface area contributed by atoms with Crippen LogP contribution in [0.1, 0.15) is 12.5 Å². The van der Waals surface area contributed by atoms with Crippen molar-refractivity contribution in [2.75, 3.05) is 13.7 Å². The molecule has 1 rings (SSSR count). The molecule has 3 nitrogen and oxygen atoms in total. The van der Waals surface area contributed by atoms with E-state index >= 15 is 0 Å². The summed E-state index contributed by atoms with van der Waals surface area (Å²) in [5.41, 5.74) is 0.900. The summed E-state index contributed by atoms with van der Waals surface area (Å²) in [6.45, 7) is 2.51. The molecule has 78 valence electrons. The molecule has 0 aliphatic rings. The quantitative estimate of drug-likeness (QED) is 0.706. The predicted octanol–water partition coefficient (Wildman–Crippen LogP) is 2.23. The first-order valence-electron chi connectivity index (χ1n) is 4.42. The highest BCUT2D eigenvalue weighted by molar-refractivity contribution is 6.17. The Morgan fingerprint density at radius 1 is 1.57 bits per heavy atom. The molecule has 0 saturated carbocycles. The van der Waals surface area contributed by atoms with Gasteiger partial charge < -0.3 is 9.47 Å². The average Bonchev–Trinajstić information content (AvgIpc) is 2.19. The van der Waals surface area contributed by atoms with Gasteiger partial charge in [-0.05, 0) is 13.0 Å². The van der Waals surface area contributed by atoms with Gasteiger partial charge >= 0.3 is 0 Å². The van der Waals surface area contributed by atoms with E-state index in [0.717, 1.165) is 11.3 Å². The lowest BCUT2D eigenvalue weighted by Crippen LogP contribution is -2.18. The summed E-state index contributed by atoms with van der Waals surface area (Å²) >= 11 is 5.74. The highest BCUT2D eigenvalue weighted by atomic mass is 35.5. The molecule has 0 fully saturated rings. The van der Waals surface area contributed by atoms with E-state index in [9.17, 15) is 0 Å². The molecule has 1 unspecified atom stereocenters. The minimum atomic E-state index is 0.0179. The standard InChI is InChI=1S/C10H14ClNO2/c1-8(7-13-2)14-10-3-4-12-6-9(10)5-11/h3-4,6,8H,5,7H2,1-2H3. The maximum absolute atomic E-state index is 5.74. The molecule has 0 bridgehead atoms. The van der Waals surface area contributed by atoms with Crippen molar-refractivity contribution in [3.05, 3.63) is 24.0 Å². The van der Waals surface area contributed by atoms with Crippen LogP contribution in [0.15, 0.2) is 18.5 Å². The van der Waals surface area contributed by atoms with Gasteiger partial charge in [0.2, 0.25) is 0 Å². The molecule has 0 aliphatic heterocycles. The SMILES string of the molecule is COCC(C)Oc1ccncc1CCl. The van der Waals surface area contributed by atoms with Crippen LogP contribution in [-0.2, 0) is 10.6 Å². The Hall–Kier alpha value is -0.800. The normalized spacial score (nSPS) is 12.5. The highest BCUT2D eigenvalue weighted by Gasteiger charge is 2.07. The lowest BCUT2D eigenvalue weighted by Gasteiger charge is -2.15. The third-order valence-electron chi connectivity index (χ3n) is 1.73. The van der Waals surface area contributed by atoms with Crippen molar-refractivity contribution in [1.82, 2.24) is 4.98 Å². The van der Waals surface area contributed by atoms with E-state index in [0.29, 0.717) is 12.5 Å². The van der Waals surface area contributed by atoms with E-state index in [2.05, 4.69) is 4.98 Å². The van der Waals surface area contributed by atoms with Gasteiger partial charge in [0.05, 0.1) is 12.5 Å². The second-order valence-corrected chi connectivity index (χ2v) is 3.27. The van der Waals surface area contributed by atoms with Gasteiger partial charge in [-0.2, -0.15) is 0 Å². The minimum Gasteiger partial charge on any atom is -0.488 e. The topological polar surface area (TPSA) is 31.4 Å². The second kappa shape index (κ2) is 5.83. The van der Waals surface area contributed by atoms with Crippen molar-refractivity contribution in [3.63, 3.8) is 0 Å². The van der Waals surface area contributed by atoms with E-state index in [1.165, 1.54) is 0 Å². The van der Waals surface area contributed by atoms with Crippen LogP contribution in [0.3, 0.4) is 0 Å². The molecule has 0 N–H and O–H groups in total. The third kappa shape index (κ3) is 3.16. The van der Waals surface area contributed by atoms with E-state index in [-0.39, 0.29) is 6.10 Å². The summed E-state index contributed by atoms with van der Waals surface area (Å²) in [5, 5.41) is 0. The molecule has 0 radical (unpaired) electrons. The fraction of sp³-hybridized carbons (Fsp3) is 0.500. The van der Waals surface area contributed by atoms with Crippen molar-refractivity contribution >= 4 is 11.6 Å². The molecular formula is C10H14ClNO2. The van der Waals surface area contributed by atoms with Crippen LogP contribution >= 0.6 is 11.6 Å². The van der Waals surface area contributed by atoms with Crippen molar-refractivity contribution in [2.45, 2.75) is 18.9 Å². The lowest BCUT2D eigenvalue weighted by molar-refractivity contribution is 0.0915. The number of hydrogen-bond acceptors (Lipinski definition) is 3. The third-order valence-corrected chi connectivity index (χ3v) is 2.02. The first-order chi connectivity index (χ1) is 6.77. The van der Waals surface area contributed by atoms with Gasteiger partial charge in [0.25, 0.3) is 0 Å². The number of alkyl halides is 1. The van der Waals surface area contributed by atoms with Crippen LogP contribution in [-0.4, -0.2) is 24.8 Å². The van der Waals surface area contributed by atoms with Crippen molar-refractivity contribution < 1.29 is 9.47 Å². The Balaban J connectivity index is 2.65. The van der Waals surface area contributed by atoms with Crippen molar-refractivity contribution in [2.24, 2.45) is 0 Å². The molecular weight excluding hydrogens is 202 g/mol. The van der Waals surface area contributed by atoms with E-state index in [1.54, 1.807) is 19.5 Å². The summed E-state index contributed by atoms with van der Waals surface area (Å²) in [5.74, 6) is 1.18. The van der Waals surface area contributed by atoms with E-state index in [1.807, 2.05) is 13.0 Å². The van der Waals surface area contributed by atoms with E-state index < -0.39 is 0 Å². The van der Waals surface area contributed by atoms with Gasteiger partial charge in [0.15, 0.2) is 0 Å². The molecule has 1 aromatic heterocycles. The molecule has 4 heteroatoms. The molecule has 0 amide bonds. The smallest absolute Gasteiger partial charge is 0.127 e. The zero-order chi connectivity index (χ0) is 10.4. The zero-order valence-corrected chi connectivity index (χ0v) is 9.12. The summed E-state index contributed by atoms with van der Waals surface area (Å²) in [6.07, 6.45) is 3.41. The number of pyridine rings is 1. The number of rotatable bonds is 5. The van der Waals surface area contributed by atoms with Crippen LogP contribution in [0.2, 0.25) is 0 Å². The van der Waals surface area contributed by atoms with Gasteiger partial charge in [0.1, 0.15) is 11.9 Å². The van der Waals surface area contributed by atoms with Gasteiger partial charge in [-0.1, -0.05) is 0 Å². The average molecular weight is 216 g/mol. The molecule has 0 aliphatic carbocycles. The van der Waals surface area contributed by atoms with E-state index in [4.69, 9.17) is 21.1 Å². The fourth-order valence-corrected chi connectivity index (χ4v) is 1.32. The Morgan fingerprint density at radius 3 is 3.00 bits per heavy atom. The number of halogens is 1.